The number of ether oxygens (including phenoxy) is 2. The molecule has 2 rings (SSSR count). The van der Waals surface area contributed by atoms with Crippen LogP contribution in [-0.2, 0) is 14.8 Å². The zero-order chi connectivity index (χ0) is 22.5. The number of rotatable bonds is 9. The van der Waals surface area contributed by atoms with Crippen molar-refractivity contribution in [3.63, 3.8) is 0 Å². The summed E-state index contributed by atoms with van der Waals surface area (Å²) in [6, 6.07) is 18.8. The van der Waals surface area contributed by atoms with Crippen LogP contribution in [-0.4, -0.2) is 45.9 Å². The highest BCUT2D eigenvalue weighted by Gasteiger charge is 2.37. The maximum absolute atomic E-state index is 12.2. The topological polar surface area (TPSA) is 93.7 Å². The lowest BCUT2D eigenvalue weighted by molar-refractivity contribution is -0.127. The van der Waals surface area contributed by atoms with Crippen LogP contribution in [0.5, 0.6) is 11.5 Å². The number of carbonyl (C=O) groups excluding carboxylic acids is 1. The largest absolute Gasteiger partial charge is 0.494 e. The van der Waals surface area contributed by atoms with Gasteiger partial charge in [0.2, 0.25) is 15.9 Å². The number of benzene rings is 2. The number of terminal acetylenes is 1. The Morgan fingerprint density at radius 3 is 1.90 bits per heavy atom. The average molecular weight is 433 g/mol. The van der Waals surface area contributed by atoms with Crippen molar-refractivity contribution in [2.24, 2.45) is 0 Å². The standard InChI is InChI=1S/C16H22N2O5S.C6H6/c1-5-11-17-15(19)16(3,18-24(4,20)21)12-23-14-9-7-13(8-10-14)22-6-2;1-2-4-6-5-3-1/h1,7-10,18H,6,11-12H2,2-4H3,(H,17,19);1-6H. The number of carbonyl (C=O) groups is 1. The zero-order valence-electron chi connectivity index (χ0n) is 17.4. The van der Waals surface area contributed by atoms with Gasteiger partial charge in [0.1, 0.15) is 23.6 Å². The van der Waals surface area contributed by atoms with Crippen molar-refractivity contribution in [1.82, 2.24) is 10.0 Å². The van der Waals surface area contributed by atoms with Crippen LogP contribution in [0.25, 0.3) is 0 Å². The number of hydrogen-bond acceptors (Lipinski definition) is 5. The fraction of sp³-hybridized carbons (Fsp3) is 0.318. The molecule has 0 saturated carbocycles. The first-order chi connectivity index (χ1) is 14.2. The normalized spacial score (nSPS) is 12.3. The van der Waals surface area contributed by atoms with Crippen molar-refractivity contribution in [2.75, 3.05) is 26.0 Å². The fourth-order valence-corrected chi connectivity index (χ4v) is 3.26. The fourth-order valence-electron chi connectivity index (χ4n) is 2.29. The lowest BCUT2D eigenvalue weighted by Gasteiger charge is -2.28. The van der Waals surface area contributed by atoms with Crippen LogP contribution in [0.3, 0.4) is 0 Å². The van der Waals surface area contributed by atoms with Crippen LogP contribution < -0.4 is 19.5 Å². The van der Waals surface area contributed by atoms with Crippen LogP contribution >= 0.6 is 0 Å². The third-order valence-electron chi connectivity index (χ3n) is 3.59. The first kappa shape index (κ1) is 25.0. The molecule has 8 heteroatoms. The molecule has 0 aromatic heterocycles. The third-order valence-corrected chi connectivity index (χ3v) is 4.41. The molecule has 0 saturated heterocycles. The predicted molar refractivity (Wildman–Crippen MR) is 118 cm³/mol. The molecule has 7 nitrogen and oxygen atoms in total. The second-order valence-electron chi connectivity index (χ2n) is 6.44. The van der Waals surface area contributed by atoms with Gasteiger partial charge in [-0.2, -0.15) is 4.72 Å². The minimum atomic E-state index is -3.63. The van der Waals surface area contributed by atoms with Crippen molar-refractivity contribution in [1.29, 1.82) is 0 Å². The van der Waals surface area contributed by atoms with Gasteiger partial charge in [0.05, 0.1) is 19.4 Å². The van der Waals surface area contributed by atoms with Gasteiger partial charge >= 0.3 is 0 Å². The summed E-state index contributed by atoms with van der Waals surface area (Å²) in [5, 5.41) is 2.46. The monoisotopic (exact) mass is 432 g/mol. The van der Waals surface area contributed by atoms with Gasteiger partial charge in [0.25, 0.3) is 0 Å². The van der Waals surface area contributed by atoms with E-state index in [1.165, 1.54) is 6.92 Å². The number of hydrogen-bond donors (Lipinski definition) is 2. The highest BCUT2D eigenvalue weighted by atomic mass is 32.2. The summed E-state index contributed by atoms with van der Waals surface area (Å²) in [6.45, 7) is 3.63. The van der Waals surface area contributed by atoms with Crippen molar-refractivity contribution >= 4 is 15.9 Å². The molecule has 0 heterocycles. The molecule has 0 aliphatic rings. The highest BCUT2D eigenvalue weighted by Crippen LogP contribution is 2.19. The van der Waals surface area contributed by atoms with Gasteiger partial charge in [-0.1, -0.05) is 42.3 Å². The SMILES string of the molecule is C#CCNC(=O)C(C)(COc1ccc(OCC)cc1)NS(C)(=O)=O.c1ccccc1. The summed E-state index contributed by atoms with van der Waals surface area (Å²) in [5.74, 6) is 2.85. The molecule has 0 fully saturated rings. The van der Waals surface area contributed by atoms with E-state index in [2.05, 4.69) is 16.0 Å². The molecule has 30 heavy (non-hydrogen) atoms. The molecular weight excluding hydrogens is 404 g/mol. The predicted octanol–water partition coefficient (Wildman–Crippen LogP) is 2.21. The smallest absolute Gasteiger partial charge is 0.245 e. The van der Waals surface area contributed by atoms with E-state index in [1.807, 2.05) is 43.3 Å². The minimum absolute atomic E-state index is 0.0110. The summed E-state index contributed by atoms with van der Waals surface area (Å²) in [4.78, 5) is 12.2. The van der Waals surface area contributed by atoms with Crippen LogP contribution in [0.2, 0.25) is 0 Å². The van der Waals surface area contributed by atoms with Crippen molar-refractivity contribution < 1.29 is 22.7 Å². The van der Waals surface area contributed by atoms with Crippen molar-refractivity contribution in [3.05, 3.63) is 60.7 Å². The lowest BCUT2D eigenvalue weighted by Crippen LogP contribution is -2.60. The first-order valence-corrected chi connectivity index (χ1v) is 11.2. The average Bonchev–Trinajstić information content (AvgIpc) is 2.72. The molecule has 1 unspecified atom stereocenters. The number of amides is 1. The van der Waals surface area contributed by atoms with Crippen LogP contribution in [0.1, 0.15) is 13.8 Å². The van der Waals surface area contributed by atoms with E-state index in [1.54, 1.807) is 24.3 Å². The van der Waals surface area contributed by atoms with E-state index in [-0.39, 0.29) is 13.2 Å². The molecule has 2 aromatic rings. The third kappa shape index (κ3) is 9.96. The van der Waals surface area contributed by atoms with Crippen LogP contribution in [0, 0.1) is 12.3 Å². The van der Waals surface area contributed by atoms with Gasteiger partial charge in [0.15, 0.2) is 0 Å². The molecule has 162 valence electrons. The Hall–Kier alpha value is -3.02. The molecule has 1 amide bonds. The Bertz CT molecular complexity index is 882. The molecule has 2 aromatic carbocycles. The molecule has 0 radical (unpaired) electrons. The van der Waals surface area contributed by atoms with E-state index in [9.17, 15) is 13.2 Å². The van der Waals surface area contributed by atoms with Gasteiger partial charge in [-0.05, 0) is 38.1 Å². The summed E-state index contributed by atoms with van der Waals surface area (Å²) in [5.41, 5.74) is -1.50. The molecule has 0 bridgehead atoms. The van der Waals surface area contributed by atoms with E-state index in [4.69, 9.17) is 15.9 Å². The molecular formula is C22H28N2O5S. The first-order valence-electron chi connectivity index (χ1n) is 9.26. The van der Waals surface area contributed by atoms with Crippen LogP contribution in [0.15, 0.2) is 60.7 Å². The van der Waals surface area contributed by atoms with E-state index in [0.29, 0.717) is 18.1 Å². The van der Waals surface area contributed by atoms with Gasteiger partial charge in [0, 0.05) is 0 Å². The van der Waals surface area contributed by atoms with Gasteiger partial charge in [-0.3, -0.25) is 4.79 Å². The van der Waals surface area contributed by atoms with Crippen molar-refractivity contribution in [2.45, 2.75) is 19.4 Å². The zero-order valence-corrected chi connectivity index (χ0v) is 18.2. The van der Waals surface area contributed by atoms with Gasteiger partial charge < -0.3 is 14.8 Å². The van der Waals surface area contributed by atoms with Gasteiger partial charge in [-0.25, -0.2) is 8.42 Å². The Morgan fingerprint density at radius 2 is 1.50 bits per heavy atom. The molecule has 0 aliphatic carbocycles. The van der Waals surface area contributed by atoms with E-state index >= 15 is 0 Å². The lowest BCUT2D eigenvalue weighted by atomic mass is 10.0. The Labute approximate surface area is 178 Å². The van der Waals surface area contributed by atoms with Crippen molar-refractivity contribution in [3.8, 4) is 23.8 Å². The Kier molecular flexibility index (Phi) is 10.4. The van der Waals surface area contributed by atoms with Gasteiger partial charge in [-0.15, -0.1) is 6.42 Å². The number of sulfonamides is 1. The maximum Gasteiger partial charge on any atom is 0.245 e. The molecule has 0 spiro atoms. The summed E-state index contributed by atoms with van der Waals surface area (Å²) in [6.07, 6.45) is 6.07. The minimum Gasteiger partial charge on any atom is -0.494 e. The summed E-state index contributed by atoms with van der Waals surface area (Å²) in [7, 11) is -3.63. The molecule has 0 aliphatic heterocycles. The van der Waals surface area contributed by atoms with E-state index in [0.717, 1.165) is 6.26 Å². The second kappa shape index (κ2) is 12.5. The summed E-state index contributed by atoms with van der Waals surface area (Å²) < 4.78 is 36.3. The Morgan fingerprint density at radius 1 is 1.03 bits per heavy atom. The molecule has 1 atom stereocenters. The molecule has 2 N–H and O–H groups in total. The van der Waals surface area contributed by atoms with E-state index < -0.39 is 21.5 Å². The quantitative estimate of drug-likeness (QED) is 0.593. The van der Waals surface area contributed by atoms with Crippen LogP contribution in [0.4, 0.5) is 0 Å². The maximum atomic E-state index is 12.2. The Balaban J connectivity index is 0.000000637. The number of nitrogens with one attached hydrogen (secondary N) is 2. The second-order valence-corrected chi connectivity index (χ2v) is 8.19. The highest BCUT2D eigenvalue weighted by molar-refractivity contribution is 7.88. The summed E-state index contributed by atoms with van der Waals surface area (Å²) >= 11 is 0.